The molecule has 1 N–H and O–H groups in total. The molecule has 10 heteroatoms. The number of hydrazone groups is 1. The number of amides is 1. The quantitative estimate of drug-likeness (QED) is 0.137. The van der Waals surface area contributed by atoms with Crippen LogP contribution in [0.25, 0.3) is 15.9 Å². The van der Waals surface area contributed by atoms with Crippen LogP contribution >= 0.6 is 39.0 Å². The number of methoxy groups -OCH3 is 1. The van der Waals surface area contributed by atoms with Gasteiger partial charge in [-0.15, -0.1) is 11.3 Å². The third-order valence-electron chi connectivity index (χ3n) is 5.87. The van der Waals surface area contributed by atoms with E-state index in [2.05, 4.69) is 26.5 Å². The topological polar surface area (TPSA) is 85.6 Å². The number of rotatable bonds is 7. The van der Waals surface area contributed by atoms with E-state index in [9.17, 15) is 9.59 Å². The molecular formula is C26H23BrN4O3S2. The van der Waals surface area contributed by atoms with Gasteiger partial charge in [0.05, 0.1) is 30.2 Å². The van der Waals surface area contributed by atoms with Crippen molar-refractivity contribution in [3.8, 4) is 11.4 Å². The number of carbonyl (C=O) groups is 1. The lowest BCUT2D eigenvalue weighted by molar-refractivity contribution is -0.118. The number of halogens is 1. The molecule has 0 fully saturated rings. The largest absolute Gasteiger partial charge is 0.497 e. The molecule has 2 aromatic heterocycles. The summed E-state index contributed by atoms with van der Waals surface area (Å²) in [6, 6.07) is 14.9. The van der Waals surface area contributed by atoms with Gasteiger partial charge < -0.3 is 4.74 Å². The molecular weight excluding hydrogens is 560 g/mol. The van der Waals surface area contributed by atoms with E-state index >= 15 is 0 Å². The van der Waals surface area contributed by atoms with E-state index in [4.69, 9.17) is 9.72 Å². The molecule has 0 saturated carbocycles. The van der Waals surface area contributed by atoms with Gasteiger partial charge in [0.15, 0.2) is 5.16 Å². The van der Waals surface area contributed by atoms with Crippen molar-refractivity contribution in [1.29, 1.82) is 0 Å². The molecule has 2 heterocycles. The standard InChI is InChI=1S/C26H23BrN4O3S2/c1-34-19-6-4-5-16(13-19)14-28-30-22(32)15-35-26-29-24-23(20-7-2-3-8-21(20)36-24)25(33)31(26)18-11-9-17(27)10-12-18/h4-6,9-14H,2-3,7-8,15H2,1H3,(H,30,32). The maximum Gasteiger partial charge on any atom is 0.267 e. The number of fused-ring (bicyclic) bond motifs is 3. The number of nitrogens with zero attached hydrogens (tertiary/aromatic N) is 3. The number of hydrogen-bond acceptors (Lipinski definition) is 7. The van der Waals surface area contributed by atoms with Crippen LogP contribution in [0.4, 0.5) is 0 Å². The highest BCUT2D eigenvalue weighted by atomic mass is 79.9. The minimum absolute atomic E-state index is 0.0645. The number of thioether (sulfide) groups is 1. The summed E-state index contributed by atoms with van der Waals surface area (Å²) in [5.74, 6) is 0.486. The normalized spacial score (nSPS) is 13.2. The first-order valence-corrected chi connectivity index (χ1v) is 14.0. The maximum atomic E-state index is 13.8. The highest BCUT2D eigenvalue weighted by molar-refractivity contribution is 9.10. The molecule has 0 unspecified atom stereocenters. The van der Waals surface area contributed by atoms with Crippen LogP contribution in [0.5, 0.6) is 5.75 Å². The molecule has 1 aliphatic rings. The Labute approximate surface area is 224 Å². The number of aromatic nitrogens is 2. The summed E-state index contributed by atoms with van der Waals surface area (Å²) >= 11 is 6.28. The Morgan fingerprint density at radius 1 is 1.25 bits per heavy atom. The smallest absolute Gasteiger partial charge is 0.267 e. The second kappa shape index (κ2) is 11.0. The van der Waals surface area contributed by atoms with Gasteiger partial charge in [0.2, 0.25) is 0 Å². The highest BCUT2D eigenvalue weighted by Gasteiger charge is 2.23. The molecule has 36 heavy (non-hydrogen) atoms. The Morgan fingerprint density at radius 2 is 2.06 bits per heavy atom. The van der Waals surface area contributed by atoms with Crippen molar-refractivity contribution < 1.29 is 9.53 Å². The molecule has 2 aromatic carbocycles. The lowest BCUT2D eigenvalue weighted by Crippen LogP contribution is -2.24. The van der Waals surface area contributed by atoms with E-state index in [-0.39, 0.29) is 17.2 Å². The average molecular weight is 584 g/mol. The Morgan fingerprint density at radius 3 is 2.86 bits per heavy atom. The molecule has 5 rings (SSSR count). The van der Waals surface area contributed by atoms with Crippen molar-refractivity contribution in [3.63, 3.8) is 0 Å². The summed E-state index contributed by atoms with van der Waals surface area (Å²) in [4.78, 5) is 33.2. The fourth-order valence-corrected chi connectivity index (χ4v) is 6.54. The number of hydrogen-bond donors (Lipinski definition) is 1. The Balaban J connectivity index is 1.41. The first-order valence-electron chi connectivity index (χ1n) is 11.5. The molecule has 0 spiro atoms. The second-order valence-electron chi connectivity index (χ2n) is 8.26. The summed E-state index contributed by atoms with van der Waals surface area (Å²) < 4.78 is 7.74. The van der Waals surface area contributed by atoms with Crippen LogP contribution in [0.3, 0.4) is 0 Å². The molecule has 1 amide bonds. The fraction of sp³-hybridized carbons (Fsp3) is 0.231. The molecule has 184 valence electrons. The van der Waals surface area contributed by atoms with E-state index in [1.807, 2.05) is 48.5 Å². The Kier molecular flexibility index (Phi) is 7.54. The van der Waals surface area contributed by atoms with Crippen LogP contribution in [-0.4, -0.2) is 34.5 Å². The zero-order chi connectivity index (χ0) is 25.1. The van der Waals surface area contributed by atoms with Crippen LogP contribution in [0.1, 0.15) is 28.8 Å². The number of nitrogens with one attached hydrogen (secondary N) is 1. The van der Waals surface area contributed by atoms with E-state index in [1.54, 1.807) is 29.2 Å². The lowest BCUT2D eigenvalue weighted by Gasteiger charge is -2.13. The third-order valence-corrected chi connectivity index (χ3v) is 8.52. The molecule has 4 aromatic rings. The lowest BCUT2D eigenvalue weighted by atomic mass is 9.97. The van der Waals surface area contributed by atoms with Crippen molar-refractivity contribution in [2.24, 2.45) is 5.10 Å². The Hall–Kier alpha value is -2.95. The van der Waals surface area contributed by atoms with Crippen LogP contribution in [0.15, 0.2) is 68.1 Å². The minimum atomic E-state index is -0.290. The van der Waals surface area contributed by atoms with Gasteiger partial charge in [0, 0.05) is 9.35 Å². The molecule has 7 nitrogen and oxygen atoms in total. The first-order chi connectivity index (χ1) is 17.5. The predicted octanol–water partition coefficient (Wildman–Crippen LogP) is 5.34. The van der Waals surface area contributed by atoms with Crippen LogP contribution in [0.2, 0.25) is 0 Å². The zero-order valence-corrected chi connectivity index (χ0v) is 22.7. The summed E-state index contributed by atoms with van der Waals surface area (Å²) in [5.41, 5.74) is 5.13. The van der Waals surface area contributed by atoms with Gasteiger partial charge in [-0.2, -0.15) is 5.10 Å². The van der Waals surface area contributed by atoms with Gasteiger partial charge in [0.1, 0.15) is 10.6 Å². The monoisotopic (exact) mass is 582 g/mol. The Bertz CT molecular complexity index is 1510. The minimum Gasteiger partial charge on any atom is -0.497 e. The van der Waals surface area contributed by atoms with Crippen LogP contribution in [-0.2, 0) is 17.6 Å². The number of aryl methyl sites for hydroxylation is 2. The first kappa shape index (κ1) is 24.7. The van der Waals surface area contributed by atoms with Gasteiger partial charge in [0.25, 0.3) is 11.5 Å². The van der Waals surface area contributed by atoms with E-state index in [0.717, 1.165) is 46.1 Å². The van der Waals surface area contributed by atoms with Gasteiger partial charge >= 0.3 is 0 Å². The highest BCUT2D eigenvalue weighted by Crippen LogP contribution is 2.35. The summed E-state index contributed by atoms with van der Waals surface area (Å²) in [6.45, 7) is 0. The van der Waals surface area contributed by atoms with Crippen molar-refractivity contribution in [2.75, 3.05) is 12.9 Å². The van der Waals surface area contributed by atoms with E-state index < -0.39 is 0 Å². The summed E-state index contributed by atoms with van der Waals surface area (Å²) in [5, 5.41) is 5.25. The number of carbonyl (C=O) groups excluding carboxylic acids is 1. The number of thiophene rings is 1. The van der Waals surface area contributed by atoms with E-state index in [1.165, 1.54) is 16.6 Å². The SMILES string of the molecule is COc1cccc(C=NNC(=O)CSc2nc3sc4c(c3c(=O)n2-c2ccc(Br)cc2)CCCC4)c1. The second-order valence-corrected chi connectivity index (χ2v) is 11.2. The zero-order valence-electron chi connectivity index (χ0n) is 19.5. The number of ether oxygens (including phenoxy) is 1. The molecule has 0 atom stereocenters. The van der Waals surface area contributed by atoms with Crippen molar-refractivity contribution >= 4 is 61.4 Å². The summed E-state index contributed by atoms with van der Waals surface area (Å²) in [6.07, 6.45) is 5.68. The maximum absolute atomic E-state index is 13.8. The molecule has 1 aliphatic carbocycles. The fourth-order valence-electron chi connectivity index (χ4n) is 4.16. The van der Waals surface area contributed by atoms with Crippen LogP contribution < -0.4 is 15.7 Å². The van der Waals surface area contributed by atoms with Gasteiger partial charge in [-0.3, -0.25) is 14.2 Å². The van der Waals surface area contributed by atoms with Gasteiger partial charge in [-0.1, -0.05) is 39.8 Å². The molecule has 0 radical (unpaired) electrons. The van der Waals surface area contributed by atoms with E-state index in [0.29, 0.717) is 22.0 Å². The predicted molar refractivity (Wildman–Crippen MR) is 149 cm³/mol. The van der Waals surface area contributed by atoms with Crippen molar-refractivity contribution in [1.82, 2.24) is 15.0 Å². The molecule has 0 saturated heterocycles. The summed E-state index contributed by atoms with van der Waals surface area (Å²) in [7, 11) is 1.60. The number of benzene rings is 2. The van der Waals surface area contributed by atoms with Gasteiger partial charge in [-0.05, 0) is 73.2 Å². The van der Waals surface area contributed by atoms with Crippen molar-refractivity contribution in [3.05, 3.63) is 79.4 Å². The van der Waals surface area contributed by atoms with Crippen LogP contribution in [0, 0.1) is 0 Å². The van der Waals surface area contributed by atoms with Crippen molar-refractivity contribution in [2.45, 2.75) is 30.8 Å². The molecule has 0 bridgehead atoms. The third kappa shape index (κ3) is 5.25. The average Bonchev–Trinajstić information content (AvgIpc) is 3.27. The van der Waals surface area contributed by atoms with Gasteiger partial charge in [-0.25, -0.2) is 10.4 Å². The molecule has 0 aliphatic heterocycles.